The van der Waals surface area contributed by atoms with E-state index in [1.54, 1.807) is 0 Å². The van der Waals surface area contributed by atoms with Crippen LogP contribution in [-0.2, 0) is 21.3 Å². The molecule has 5 rings (SSSR count). The average Bonchev–Trinajstić information content (AvgIpc) is 3.08. The first-order chi connectivity index (χ1) is 21.6. The molecule has 0 spiro atoms. The third-order valence-corrected chi connectivity index (χ3v) is 10.4. The Morgan fingerprint density at radius 1 is 0.682 bits per heavy atom. The third-order valence-electron chi connectivity index (χ3n) is 10.4. The summed E-state index contributed by atoms with van der Waals surface area (Å²) in [4.78, 5) is 16.9. The summed E-state index contributed by atoms with van der Waals surface area (Å²) in [6.45, 7) is 5.01. The maximum absolute atomic E-state index is 9.93. The number of unbranched alkanes of at least 4 members (excludes halogenated alkanes) is 2. The highest BCUT2D eigenvalue weighted by Gasteiger charge is 2.25. The van der Waals surface area contributed by atoms with Crippen LogP contribution in [0.5, 0.6) is 0 Å². The molecule has 2 fully saturated rings. The van der Waals surface area contributed by atoms with Gasteiger partial charge in [0.05, 0.1) is 0 Å². The van der Waals surface area contributed by atoms with Crippen molar-refractivity contribution in [1.82, 2.24) is 0 Å². The Balaban J connectivity index is 1.14. The summed E-state index contributed by atoms with van der Waals surface area (Å²) in [5.74, 6) is 3.08. The maximum Gasteiger partial charge on any atom is 0.121 e. The Morgan fingerprint density at radius 3 is 1.89 bits per heavy atom. The first-order valence-corrected chi connectivity index (χ1v) is 17.4. The average molecular weight is 599 g/mol. The van der Waals surface area contributed by atoms with Crippen LogP contribution in [0.2, 0.25) is 0 Å². The van der Waals surface area contributed by atoms with Crippen molar-refractivity contribution in [2.45, 2.75) is 128 Å². The molecule has 3 aromatic carbocycles. The van der Waals surface area contributed by atoms with Gasteiger partial charge in [-0.05, 0) is 90.0 Å². The summed E-state index contributed by atoms with van der Waals surface area (Å²) in [5, 5.41) is 9.93. The van der Waals surface area contributed by atoms with Crippen LogP contribution in [0.15, 0.2) is 78.9 Å². The van der Waals surface area contributed by atoms with Gasteiger partial charge in [-0.25, -0.2) is 14.7 Å². The molecule has 2 aliphatic rings. The molecule has 0 aromatic heterocycles. The van der Waals surface area contributed by atoms with E-state index in [1.165, 1.54) is 88.2 Å². The summed E-state index contributed by atoms with van der Waals surface area (Å²) in [5.41, 5.74) is 5.86. The Bertz CT molecular complexity index is 1190. The Kier molecular flexibility index (Phi) is 12.9. The van der Waals surface area contributed by atoms with E-state index in [0.29, 0.717) is 24.9 Å². The molecule has 0 amide bonds. The molecule has 3 aromatic rings. The van der Waals surface area contributed by atoms with Gasteiger partial charge < -0.3 is 0 Å². The first-order valence-electron chi connectivity index (χ1n) is 17.4. The largest absolute Gasteiger partial charge is 0.251 e. The normalized spacial score (nSPS) is 23.7. The maximum atomic E-state index is 9.93. The van der Waals surface area contributed by atoms with Crippen LogP contribution in [0.25, 0.3) is 0 Å². The molecule has 0 heterocycles. The van der Waals surface area contributed by atoms with Crippen LogP contribution in [0.3, 0.4) is 0 Å². The fraction of sp³-hybridized carbons (Fsp3) is 0.550. The third kappa shape index (κ3) is 9.50. The lowest BCUT2D eigenvalue weighted by molar-refractivity contribution is -0.351. The second-order valence-electron chi connectivity index (χ2n) is 13.7. The Labute approximate surface area is 266 Å². The van der Waals surface area contributed by atoms with Crippen molar-refractivity contribution >= 4 is 0 Å². The fourth-order valence-corrected chi connectivity index (χ4v) is 7.45. The fourth-order valence-electron chi connectivity index (χ4n) is 7.45. The van der Waals surface area contributed by atoms with Gasteiger partial charge in [0.2, 0.25) is 0 Å². The van der Waals surface area contributed by atoms with Crippen LogP contribution in [-0.4, -0.2) is 5.26 Å². The van der Waals surface area contributed by atoms with Crippen LogP contribution < -0.4 is 0 Å². The Hall–Kier alpha value is -2.50. The number of benzene rings is 3. The zero-order valence-electron chi connectivity index (χ0n) is 27.0. The van der Waals surface area contributed by atoms with Crippen molar-refractivity contribution in [2.75, 3.05) is 0 Å². The molecule has 0 aliphatic heterocycles. The first kappa shape index (κ1) is 32.9. The van der Waals surface area contributed by atoms with Crippen molar-refractivity contribution in [1.29, 1.82) is 0 Å². The van der Waals surface area contributed by atoms with E-state index in [1.807, 2.05) is 30.3 Å². The minimum atomic E-state index is -0.523. The second kappa shape index (κ2) is 17.3. The minimum Gasteiger partial charge on any atom is -0.251 e. The zero-order valence-corrected chi connectivity index (χ0v) is 27.0. The van der Waals surface area contributed by atoms with E-state index < -0.39 is 6.10 Å². The quantitative estimate of drug-likeness (QED) is 0.107. The van der Waals surface area contributed by atoms with Gasteiger partial charge in [0.1, 0.15) is 18.8 Å². The molecule has 2 unspecified atom stereocenters. The van der Waals surface area contributed by atoms with E-state index >= 15 is 0 Å². The molecular formula is C40H54O4. The molecule has 2 saturated carbocycles. The van der Waals surface area contributed by atoms with Gasteiger partial charge in [-0.2, -0.15) is 0 Å². The van der Waals surface area contributed by atoms with Crippen molar-refractivity contribution in [3.8, 4) is 0 Å². The lowest BCUT2D eigenvalue weighted by atomic mass is 9.77. The lowest BCUT2D eigenvalue weighted by Crippen LogP contribution is -2.14. The Morgan fingerprint density at radius 2 is 1.27 bits per heavy atom. The smallest absolute Gasteiger partial charge is 0.121 e. The molecule has 0 saturated heterocycles. The minimum absolute atomic E-state index is 0.368. The molecule has 238 valence electrons. The molecule has 0 radical (unpaired) electrons. The number of hydrogen-bond acceptors (Lipinski definition) is 4. The summed E-state index contributed by atoms with van der Waals surface area (Å²) in [7, 11) is 0. The van der Waals surface area contributed by atoms with Crippen LogP contribution >= 0.6 is 0 Å². The van der Waals surface area contributed by atoms with Crippen molar-refractivity contribution in [3.05, 3.63) is 107 Å². The highest BCUT2D eigenvalue weighted by Crippen LogP contribution is 2.39. The molecule has 44 heavy (non-hydrogen) atoms. The standard InChI is InChI=1S/C40H54O4/c1-3-4-6-9-31-14-20-34(21-15-31)35-22-16-32(17-23-35)29-42-44-40(37-10-7-5-8-11-37)28-39(43-41)38-26-24-36(25-27-38)33-18-12-30(2)13-19-33/h5,7-8,10-11,16-17,22-27,30-31,33-34,39-41H,3-4,6,9,12-15,18-21,28-29H2,1-2H3. The summed E-state index contributed by atoms with van der Waals surface area (Å²) in [6, 6.07) is 27.6. The molecule has 0 bridgehead atoms. The molecule has 2 aliphatic carbocycles. The van der Waals surface area contributed by atoms with Crippen LogP contribution in [0.1, 0.15) is 149 Å². The zero-order chi connectivity index (χ0) is 30.6. The van der Waals surface area contributed by atoms with Gasteiger partial charge in [-0.1, -0.05) is 131 Å². The van der Waals surface area contributed by atoms with Crippen LogP contribution in [0.4, 0.5) is 0 Å². The summed E-state index contributed by atoms with van der Waals surface area (Å²) < 4.78 is 0. The van der Waals surface area contributed by atoms with Crippen molar-refractivity contribution in [2.24, 2.45) is 11.8 Å². The predicted octanol–water partition coefficient (Wildman–Crippen LogP) is 11.6. The number of rotatable bonds is 15. The lowest BCUT2D eigenvalue weighted by Gasteiger charge is -2.29. The second-order valence-corrected chi connectivity index (χ2v) is 13.7. The SMILES string of the molecule is CCCCCC1CCC(c2ccc(COOC(CC(OO)c3ccc(C4CCC(C)CC4)cc3)c3ccccc3)cc2)CC1. The van der Waals surface area contributed by atoms with Gasteiger partial charge in [-0.3, -0.25) is 5.26 Å². The van der Waals surface area contributed by atoms with E-state index in [-0.39, 0.29) is 6.10 Å². The molecule has 4 nitrogen and oxygen atoms in total. The van der Waals surface area contributed by atoms with E-state index in [0.717, 1.165) is 28.5 Å². The van der Waals surface area contributed by atoms with Gasteiger partial charge in [0, 0.05) is 6.42 Å². The molecule has 4 heteroatoms. The summed E-state index contributed by atoms with van der Waals surface area (Å²) >= 11 is 0. The van der Waals surface area contributed by atoms with E-state index in [9.17, 15) is 5.26 Å². The molecule has 2 atom stereocenters. The van der Waals surface area contributed by atoms with Crippen molar-refractivity contribution < 1.29 is 19.9 Å². The topological polar surface area (TPSA) is 47.9 Å². The monoisotopic (exact) mass is 598 g/mol. The van der Waals surface area contributed by atoms with Gasteiger partial charge in [-0.15, -0.1) is 0 Å². The van der Waals surface area contributed by atoms with E-state index in [2.05, 4.69) is 62.4 Å². The van der Waals surface area contributed by atoms with Gasteiger partial charge in [0.15, 0.2) is 0 Å². The van der Waals surface area contributed by atoms with Gasteiger partial charge >= 0.3 is 0 Å². The van der Waals surface area contributed by atoms with E-state index in [4.69, 9.17) is 14.7 Å². The molecular weight excluding hydrogens is 544 g/mol. The highest BCUT2D eigenvalue weighted by atomic mass is 17.2. The molecule has 1 N–H and O–H groups in total. The predicted molar refractivity (Wildman–Crippen MR) is 178 cm³/mol. The number of hydrogen-bond donors (Lipinski definition) is 1. The van der Waals surface area contributed by atoms with Crippen LogP contribution in [0, 0.1) is 11.8 Å². The highest BCUT2D eigenvalue weighted by molar-refractivity contribution is 5.28. The van der Waals surface area contributed by atoms with Gasteiger partial charge in [0.25, 0.3) is 0 Å². The summed E-state index contributed by atoms with van der Waals surface area (Å²) in [6.07, 6.45) is 15.5. The van der Waals surface area contributed by atoms with Crippen molar-refractivity contribution in [3.63, 3.8) is 0 Å².